The highest BCUT2D eigenvalue weighted by Gasteiger charge is 2.23. The summed E-state index contributed by atoms with van der Waals surface area (Å²) in [6.07, 6.45) is 0.506. The van der Waals surface area contributed by atoms with Gasteiger partial charge in [-0.25, -0.2) is 21.9 Å². The predicted molar refractivity (Wildman–Crippen MR) is 76.2 cm³/mol. The number of hydrogen-bond donors (Lipinski definition) is 1. The van der Waals surface area contributed by atoms with Gasteiger partial charge in [-0.2, -0.15) is 0 Å². The highest BCUT2D eigenvalue weighted by molar-refractivity contribution is 7.89. The molecule has 0 amide bonds. The van der Waals surface area contributed by atoms with Gasteiger partial charge >= 0.3 is 0 Å². The molecule has 2 rings (SSSR count). The minimum atomic E-state index is -4.06. The average Bonchev–Trinajstić information content (AvgIpc) is 2.45. The molecule has 0 bridgehead atoms. The van der Waals surface area contributed by atoms with Crippen LogP contribution >= 0.6 is 0 Å². The summed E-state index contributed by atoms with van der Waals surface area (Å²) in [5.74, 6) is -1.92. The molecule has 21 heavy (non-hydrogen) atoms. The number of nitrogens with one attached hydrogen (secondary N) is 1. The van der Waals surface area contributed by atoms with Crippen LogP contribution in [0.15, 0.2) is 53.4 Å². The van der Waals surface area contributed by atoms with E-state index in [-0.39, 0.29) is 0 Å². The second-order valence-electron chi connectivity index (χ2n) is 4.57. The summed E-state index contributed by atoms with van der Waals surface area (Å²) in [7, 11) is -4.06. The van der Waals surface area contributed by atoms with Crippen molar-refractivity contribution in [2.24, 2.45) is 0 Å². The second kappa shape index (κ2) is 6.32. The van der Waals surface area contributed by atoms with Crippen LogP contribution in [-0.4, -0.2) is 8.42 Å². The number of halogens is 2. The lowest BCUT2D eigenvalue weighted by atomic mass is 10.1. The fourth-order valence-electron chi connectivity index (χ4n) is 2.02. The quantitative estimate of drug-likeness (QED) is 0.920. The van der Waals surface area contributed by atoms with Crippen LogP contribution in [0, 0.1) is 11.6 Å². The third-order valence-corrected chi connectivity index (χ3v) is 4.60. The van der Waals surface area contributed by atoms with Gasteiger partial charge in [0.05, 0.1) is 0 Å². The van der Waals surface area contributed by atoms with E-state index in [9.17, 15) is 17.2 Å². The molecule has 1 unspecified atom stereocenters. The summed E-state index contributed by atoms with van der Waals surface area (Å²) in [4.78, 5) is -0.557. The van der Waals surface area contributed by atoms with E-state index in [1.807, 2.05) is 13.0 Å². The van der Waals surface area contributed by atoms with Crippen LogP contribution in [0.4, 0.5) is 8.78 Å². The fourth-order valence-corrected chi connectivity index (χ4v) is 3.38. The Morgan fingerprint density at radius 2 is 1.76 bits per heavy atom. The van der Waals surface area contributed by atoms with Crippen LogP contribution in [0.25, 0.3) is 0 Å². The molecule has 0 aliphatic heterocycles. The average molecular weight is 311 g/mol. The molecule has 0 radical (unpaired) electrons. The summed E-state index contributed by atoms with van der Waals surface area (Å²) in [6.45, 7) is 1.82. The SMILES string of the molecule is CCC(NS(=O)(=O)c1ccc(F)cc1F)c1ccccc1. The topological polar surface area (TPSA) is 46.2 Å². The number of rotatable bonds is 5. The zero-order valence-electron chi connectivity index (χ0n) is 11.4. The Hall–Kier alpha value is -1.79. The van der Waals surface area contributed by atoms with E-state index in [1.54, 1.807) is 24.3 Å². The molecule has 3 nitrogen and oxygen atoms in total. The summed E-state index contributed by atoms with van der Waals surface area (Å²) in [6, 6.07) is 10.9. The van der Waals surface area contributed by atoms with E-state index in [0.717, 1.165) is 17.7 Å². The van der Waals surface area contributed by atoms with Gasteiger partial charge in [0.25, 0.3) is 0 Å². The summed E-state index contributed by atoms with van der Waals surface area (Å²) < 4.78 is 53.4. The number of hydrogen-bond acceptors (Lipinski definition) is 2. The molecule has 0 saturated carbocycles. The van der Waals surface area contributed by atoms with Crippen molar-refractivity contribution in [3.05, 3.63) is 65.7 Å². The molecule has 0 aliphatic carbocycles. The smallest absolute Gasteiger partial charge is 0.207 e. The first-order valence-corrected chi connectivity index (χ1v) is 7.94. The van der Waals surface area contributed by atoms with Gasteiger partial charge in [-0.1, -0.05) is 37.3 Å². The van der Waals surface area contributed by atoms with E-state index in [1.165, 1.54) is 0 Å². The summed E-state index contributed by atoms with van der Waals surface area (Å²) in [5, 5.41) is 0. The van der Waals surface area contributed by atoms with Gasteiger partial charge in [0, 0.05) is 12.1 Å². The van der Waals surface area contributed by atoms with Crippen molar-refractivity contribution in [3.8, 4) is 0 Å². The van der Waals surface area contributed by atoms with E-state index < -0.39 is 32.6 Å². The Kier molecular flexibility index (Phi) is 4.69. The first-order valence-electron chi connectivity index (χ1n) is 6.46. The van der Waals surface area contributed by atoms with E-state index in [2.05, 4.69) is 4.72 Å². The molecule has 2 aromatic carbocycles. The monoisotopic (exact) mass is 311 g/mol. The van der Waals surface area contributed by atoms with Gasteiger partial charge in [-0.05, 0) is 24.1 Å². The van der Waals surface area contributed by atoms with Crippen LogP contribution in [-0.2, 0) is 10.0 Å². The summed E-state index contributed by atoms with van der Waals surface area (Å²) in [5.41, 5.74) is 0.783. The molecule has 112 valence electrons. The summed E-state index contributed by atoms with van der Waals surface area (Å²) >= 11 is 0. The van der Waals surface area contributed by atoms with E-state index in [0.29, 0.717) is 12.5 Å². The zero-order chi connectivity index (χ0) is 15.5. The maximum absolute atomic E-state index is 13.6. The lowest BCUT2D eigenvalue weighted by molar-refractivity contribution is 0.528. The van der Waals surface area contributed by atoms with Crippen LogP contribution < -0.4 is 4.72 Å². The van der Waals surface area contributed by atoms with Crippen molar-refractivity contribution in [3.63, 3.8) is 0 Å². The van der Waals surface area contributed by atoms with Gasteiger partial charge in [0.2, 0.25) is 10.0 Å². The Morgan fingerprint density at radius 3 is 2.33 bits per heavy atom. The molecule has 0 heterocycles. The molecule has 0 aliphatic rings. The van der Waals surface area contributed by atoms with Crippen molar-refractivity contribution in [2.45, 2.75) is 24.3 Å². The maximum Gasteiger partial charge on any atom is 0.244 e. The van der Waals surface area contributed by atoms with Crippen LogP contribution in [0.3, 0.4) is 0 Å². The number of sulfonamides is 1. The molecule has 6 heteroatoms. The molecule has 0 aromatic heterocycles. The van der Waals surface area contributed by atoms with Crippen molar-refractivity contribution < 1.29 is 17.2 Å². The Morgan fingerprint density at radius 1 is 1.10 bits per heavy atom. The first-order chi connectivity index (χ1) is 9.94. The normalized spacial score (nSPS) is 13.1. The van der Waals surface area contributed by atoms with Crippen molar-refractivity contribution in [2.75, 3.05) is 0 Å². The molecular formula is C15H15F2NO2S. The molecule has 1 N–H and O–H groups in total. The lowest BCUT2D eigenvalue weighted by Crippen LogP contribution is -2.29. The van der Waals surface area contributed by atoms with Gasteiger partial charge in [0.15, 0.2) is 0 Å². The molecule has 0 spiro atoms. The standard InChI is InChI=1S/C15H15F2NO2S/c1-2-14(11-6-4-3-5-7-11)18-21(19,20)15-9-8-12(16)10-13(15)17/h3-10,14,18H,2H2,1H3. The van der Waals surface area contributed by atoms with Crippen LogP contribution in [0.2, 0.25) is 0 Å². The van der Waals surface area contributed by atoms with Crippen LogP contribution in [0.1, 0.15) is 24.9 Å². The van der Waals surface area contributed by atoms with Crippen molar-refractivity contribution >= 4 is 10.0 Å². The fraction of sp³-hybridized carbons (Fsp3) is 0.200. The molecule has 1 atom stereocenters. The number of benzene rings is 2. The third-order valence-electron chi connectivity index (χ3n) is 3.09. The maximum atomic E-state index is 13.6. The Labute approximate surface area is 122 Å². The van der Waals surface area contributed by atoms with Crippen LogP contribution in [0.5, 0.6) is 0 Å². The predicted octanol–water partition coefficient (Wildman–Crippen LogP) is 3.39. The Balaban J connectivity index is 2.32. The minimum absolute atomic E-state index is 0.472. The molecule has 0 fully saturated rings. The van der Waals surface area contributed by atoms with E-state index >= 15 is 0 Å². The van der Waals surface area contributed by atoms with E-state index in [4.69, 9.17) is 0 Å². The second-order valence-corrected chi connectivity index (χ2v) is 6.25. The van der Waals surface area contributed by atoms with Gasteiger partial charge in [0.1, 0.15) is 16.5 Å². The minimum Gasteiger partial charge on any atom is -0.207 e. The Bertz CT molecular complexity index is 718. The highest BCUT2D eigenvalue weighted by Crippen LogP contribution is 2.21. The van der Waals surface area contributed by atoms with Gasteiger partial charge in [-0.3, -0.25) is 0 Å². The zero-order valence-corrected chi connectivity index (χ0v) is 12.2. The largest absolute Gasteiger partial charge is 0.244 e. The molecular weight excluding hydrogens is 296 g/mol. The van der Waals surface area contributed by atoms with Gasteiger partial charge in [-0.15, -0.1) is 0 Å². The third kappa shape index (κ3) is 3.65. The molecule has 2 aromatic rings. The van der Waals surface area contributed by atoms with Crippen molar-refractivity contribution in [1.29, 1.82) is 0 Å². The highest BCUT2D eigenvalue weighted by atomic mass is 32.2. The van der Waals surface area contributed by atoms with Crippen molar-refractivity contribution in [1.82, 2.24) is 4.72 Å². The molecule has 0 saturated heterocycles. The first kappa shape index (κ1) is 15.6. The van der Waals surface area contributed by atoms with Gasteiger partial charge < -0.3 is 0 Å². The lowest BCUT2D eigenvalue weighted by Gasteiger charge is -2.17.